The lowest BCUT2D eigenvalue weighted by Gasteiger charge is -2.38. The van der Waals surface area contributed by atoms with Crippen LogP contribution in [0.15, 0.2) is 66.9 Å². The third kappa shape index (κ3) is 6.04. The Morgan fingerprint density at radius 3 is 2.53 bits per heavy atom. The van der Waals surface area contributed by atoms with Gasteiger partial charge < -0.3 is 19.9 Å². The number of carbonyl (C=O) groups is 2. The number of hydrogen-bond acceptors (Lipinski definition) is 6. The largest absolute Gasteiger partial charge is 0.489 e. The molecule has 1 atom stereocenters. The molecule has 0 saturated carbocycles. The Labute approximate surface area is 217 Å². The second kappa shape index (κ2) is 10.7. The van der Waals surface area contributed by atoms with Crippen LogP contribution in [-0.2, 0) is 22.2 Å². The number of likely N-dealkylation sites (tertiary alicyclic amines) is 1. The first-order chi connectivity index (χ1) is 18.2. The van der Waals surface area contributed by atoms with Gasteiger partial charge in [0.25, 0.3) is 0 Å². The van der Waals surface area contributed by atoms with Crippen LogP contribution in [0.3, 0.4) is 0 Å². The first kappa shape index (κ1) is 25.5. The summed E-state index contributed by atoms with van der Waals surface area (Å²) in [7, 11) is 0. The summed E-state index contributed by atoms with van der Waals surface area (Å²) >= 11 is 0. The molecule has 0 unspecified atom stereocenters. The lowest BCUT2D eigenvalue weighted by Crippen LogP contribution is -2.52. The Kier molecular flexibility index (Phi) is 7.17. The minimum absolute atomic E-state index is 0.0653. The maximum atomic E-state index is 12.9. The third-order valence-corrected chi connectivity index (χ3v) is 6.67. The molecule has 2 fully saturated rings. The molecule has 0 spiro atoms. The quantitative estimate of drug-likeness (QED) is 0.505. The molecule has 198 valence electrons. The van der Waals surface area contributed by atoms with Crippen LogP contribution in [0.5, 0.6) is 5.75 Å². The number of nitrogens with zero attached hydrogens (tertiary/aromatic N) is 4. The Bertz CT molecular complexity index is 1280. The van der Waals surface area contributed by atoms with Crippen molar-refractivity contribution >= 4 is 23.3 Å². The number of alkyl halides is 3. The van der Waals surface area contributed by atoms with Crippen LogP contribution in [0.25, 0.3) is 0 Å². The van der Waals surface area contributed by atoms with Crippen molar-refractivity contribution in [2.75, 3.05) is 36.4 Å². The first-order valence-corrected chi connectivity index (χ1v) is 12.3. The van der Waals surface area contributed by atoms with E-state index in [-0.39, 0.29) is 30.3 Å². The van der Waals surface area contributed by atoms with Crippen LogP contribution in [0, 0.1) is 5.92 Å². The van der Waals surface area contributed by atoms with E-state index in [9.17, 15) is 22.8 Å². The molecular formula is C27H26F3N5O3. The summed E-state index contributed by atoms with van der Waals surface area (Å²) in [5.41, 5.74) is 0.224. The number of rotatable bonds is 7. The molecule has 2 aromatic carbocycles. The monoisotopic (exact) mass is 525 g/mol. The van der Waals surface area contributed by atoms with E-state index in [2.05, 4.69) is 15.5 Å². The Hall–Kier alpha value is -4.15. The molecule has 2 saturated heterocycles. The Morgan fingerprint density at radius 1 is 1.03 bits per heavy atom. The zero-order chi connectivity index (χ0) is 26.7. The van der Waals surface area contributed by atoms with Crippen LogP contribution in [0.4, 0.5) is 24.7 Å². The van der Waals surface area contributed by atoms with Gasteiger partial charge in [-0.3, -0.25) is 9.59 Å². The highest BCUT2D eigenvalue weighted by atomic mass is 19.4. The molecule has 0 bridgehead atoms. The van der Waals surface area contributed by atoms with Gasteiger partial charge in [0.05, 0.1) is 24.4 Å². The van der Waals surface area contributed by atoms with Crippen LogP contribution >= 0.6 is 0 Å². The van der Waals surface area contributed by atoms with Gasteiger partial charge in [0.1, 0.15) is 11.9 Å². The van der Waals surface area contributed by atoms with Gasteiger partial charge in [-0.1, -0.05) is 18.2 Å². The fourth-order valence-electron chi connectivity index (χ4n) is 4.54. The van der Waals surface area contributed by atoms with Gasteiger partial charge in [-0.05, 0) is 48.0 Å². The van der Waals surface area contributed by atoms with E-state index in [0.717, 1.165) is 18.0 Å². The number of ether oxygens (including phenoxy) is 1. The first-order valence-electron chi connectivity index (χ1n) is 12.3. The van der Waals surface area contributed by atoms with Crippen molar-refractivity contribution in [1.29, 1.82) is 0 Å². The zero-order valence-electron chi connectivity index (χ0n) is 20.4. The summed E-state index contributed by atoms with van der Waals surface area (Å²) < 4.78 is 44.8. The average Bonchev–Trinajstić information content (AvgIpc) is 3.33. The van der Waals surface area contributed by atoms with Crippen molar-refractivity contribution in [3.05, 3.63) is 78.0 Å². The van der Waals surface area contributed by atoms with Crippen molar-refractivity contribution in [2.45, 2.75) is 25.1 Å². The van der Waals surface area contributed by atoms with Gasteiger partial charge in [-0.2, -0.15) is 18.3 Å². The molecule has 0 aliphatic carbocycles. The fourth-order valence-corrected chi connectivity index (χ4v) is 4.54. The van der Waals surface area contributed by atoms with E-state index in [1.165, 1.54) is 12.1 Å². The minimum Gasteiger partial charge on any atom is -0.489 e. The highest BCUT2D eigenvalue weighted by Gasteiger charge is 2.34. The number of nitrogens with one attached hydrogen (secondary N) is 1. The number of halogens is 3. The summed E-state index contributed by atoms with van der Waals surface area (Å²) in [6.07, 6.45) is -2.53. The molecule has 5 rings (SSSR count). The third-order valence-electron chi connectivity index (χ3n) is 6.67. The van der Waals surface area contributed by atoms with Crippen LogP contribution in [-0.4, -0.2) is 59.2 Å². The summed E-state index contributed by atoms with van der Waals surface area (Å²) in [4.78, 5) is 28.8. The van der Waals surface area contributed by atoms with E-state index in [1.54, 1.807) is 41.4 Å². The number of carbonyl (C=O) groups excluding carboxylic acids is 2. The lowest BCUT2D eigenvalue weighted by molar-refractivity contribution is -0.138. The number of hydrogen-bond donors (Lipinski definition) is 1. The molecule has 0 radical (unpaired) electrons. The second-order valence-corrected chi connectivity index (χ2v) is 9.44. The van der Waals surface area contributed by atoms with Gasteiger partial charge in [0, 0.05) is 37.9 Å². The fraction of sp³-hybridized carbons (Fsp3) is 0.333. The van der Waals surface area contributed by atoms with Crippen molar-refractivity contribution in [1.82, 2.24) is 15.1 Å². The van der Waals surface area contributed by atoms with Gasteiger partial charge in [0.2, 0.25) is 11.8 Å². The molecule has 3 heterocycles. The molecule has 2 amide bonds. The van der Waals surface area contributed by atoms with Crippen LogP contribution in [0.1, 0.15) is 17.5 Å². The van der Waals surface area contributed by atoms with Gasteiger partial charge in [-0.25, -0.2) is 0 Å². The summed E-state index contributed by atoms with van der Waals surface area (Å²) in [5.74, 6) is 0.927. The Morgan fingerprint density at radius 2 is 1.82 bits per heavy atom. The number of benzene rings is 2. The molecule has 1 N–H and O–H groups in total. The number of anilines is 2. The molecule has 2 aliphatic heterocycles. The molecular weight excluding hydrogens is 499 g/mol. The summed E-state index contributed by atoms with van der Waals surface area (Å²) in [6, 6.07) is 15.6. The maximum Gasteiger partial charge on any atom is 0.416 e. The highest BCUT2D eigenvalue weighted by molar-refractivity contribution is 5.94. The molecule has 8 nitrogen and oxygen atoms in total. The second-order valence-electron chi connectivity index (χ2n) is 9.44. The van der Waals surface area contributed by atoms with E-state index in [0.29, 0.717) is 49.6 Å². The molecule has 2 aliphatic rings. The number of aromatic nitrogens is 2. The smallest absolute Gasteiger partial charge is 0.416 e. The molecule has 1 aromatic heterocycles. The number of amides is 2. The predicted molar refractivity (Wildman–Crippen MR) is 134 cm³/mol. The average molecular weight is 526 g/mol. The van der Waals surface area contributed by atoms with Crippen molar-refractivity contribution in [2.24, 2.45) is 5.92 Å². The molecule has 11 heteroatoms. The highest BCUT2D eigenvalue weighted by Crippen LogP contribution is 2.30. The van der Waals surface area contributed by atoms with E-state index in [4.69, 9.17) is 4.74 Å². The van der Waals surface area contributed by atoms with Gasteiger partial charge in [0.15, 0.2) is 5.82 Å². The Balaban J connectivity index is 1.07. The van der Waals surface area contributed by atoms with Crippen LogP contribution in [0.2, 0.25) is 0 Å². The minimum atomic E-state index is -4.44. The summed E-state index contributed by atoms with van der Waals surface area (Å²) in [5, 5.41) is 10.8. The SMILES string of the molecule is O=C(Nc1ccc(O[C@@H]2CCN(C(=O)Cc3cccc(C(F)(F)F)c3)C2)cc1)C1CN(c2cccnn2)C1. The van der Waals surface area contributed by atoms with Crippen molar-refractivity contribution < 1.29 is 27.5 Å². The van der Waals surface area contributed by atoms with E-state index in [1.807, 2.05) is 11.0 Å². The van der Waals surface area contributed by atoms with Gasteiger partial charge in [-0.15, -0.1) is 5.10 Å². The summed E-state index contributed by atoms with van der Waals surface area (Å²) in [6.45, 7) is 2.00. The van der Waals surface area contributed by atoms with Crippen LogP contribution < -0.4 is 15.0 Å². The van der Waals surface area contributed by atoms with Crippen molar-refractivity contribution in [3.8, 4) is 5.75 Å². The topological polar surface area (TPSA) is 87.7 Å². The predicted octanol–water partition coefficient (Wildman–Crippen LogP) is 3.79. The molecule has 3 aromatic rings. The van der Waals surface area contributed by atoms with Crippen molar-refractivity contribution in [3.63, 3.8) is 0 Å². The normalized spacial score (nSPS) is 17.7. The van der Waals surface area contributed by atoms with E-state index < -0.39 is 11.7 Å². The maximum absolute atomic E-state index is 12.9. The lowest BCUT2D eigenvalue weighted by atomic mass is 9.99. The molecule has 38 heavy (non-hydrogen) atoms. The van der Waals surface area contributed by atoms with E-state index >= 15 is 0 Å². The van der Waals surface area contributed by atoms with Gasteiger partial charge >= 0.3 is 6.18 Å². The zero-order valence-corrected chi connectivity index (χ0v) is 20.4. The standard InChI is InChI=1S/C27H26F3N5O3/c28-27(29,30)20-4-1-3-18(13-20)14-25(36)34-12-10-23(17-34)38-22-8-6-21(7-9-22)32-26(37)19-15-35(16-19)24-5-2-11-31-33-24/h1-9,11,13,19,23H,10,12,14-17H2,(H,32,37)/t23-/m1/s1.